The van der Waals surface area contributed by atoms with Gasteiger partial charge in [0.05, 0.1) is 0 Å². The molecular formula is C9H11ClFNO2S. The third-order valence-corrected chi connectivity index (χ3v) is 3.38. The molecule has 1 aliphatic heterocycles. The second-order valence-corrected chi connectivity index (χ2v) is 5.37. The zero-order valence-corrected chi connectivity index (χ0v) is 9.71. The molecule has 0 fully saturated rings. The molecule has 2 rings (SSSR count). The normalized spacial score (nSPS) is 14.0. The van der Waals surface area contributed by atoms with Gasteiger partial charge in [0, 0.05) is 18.5 Å². The van der Waals surface area contributed by atoms with Crippen LogP contribution >= 0.6 is 12.4 Å². The minimum absolute atomic E-state index is 0. The molecule has 0 atom stereocenters. The minimum Gasteiger partial charge on any atom is -0.384 e. The summed E-state index contributed by atoms with van der Waals surface area (Å²) in [4.78, 5) is -0.208. The first-order valence-corrected chi connectivity index (χ1v) is 6.14. The SMILES string of the molecule is CS(=O)(=O)c1cc2c(cc1F)NCC2.Cl. The van der Waals surface area contributed by atoms with Crippen LogP contribution in [0.1, 0.15) is 5.56 Å². The largest absolute Gasteiger partial charge is 0.384 e. The molecule has 0 amide bonds. The molecule has 0 spiro atoms. The van der Waals surface area contributed by atoms with Crippen molar-refractivity contribution >= 4 is 27.9 Å². The Labute approximate surface area is 94.0 Å². The number of halogens is 2. The summed E-state index contributed by atoms with van der Waals surface area (Å²) in [6.07, 6.45) is 1.76. The average molecular weight is 252 g/mol. The maximum Gasteiger partial charge on any atom is 0.178 e. The molecule has 0 saturated heterocycles. The lowest BCUT2D eigenvalue weighted by molar-refractivity contribution is 0.571. The number of benzene rings is 1. The van der Waals surface area contributed by atoms with Crippen molar-refractivity contribution in [2.24, 2.45) is 0 Å². The predicted molar refractivity (Wildman–Crippen MR) is 59.0 cm³/mol. The molecule has 0 bridgehead atoms. The van der Waals surface area contributed by atoms with Gasteiger partial charge in [-0.3, -0.25) is 0 Å². The summed E-state index contributed by atoms with van der Waals surface area (Å²) in [6.45, 7) is 0.738. The number of nitrogens with one attached hydrogen (secondary N) is 1. The van der Waals surface area contributed by atoms with Gasteiger partial charge in [-0.25, -0.2) is 12.8 Å². The van der Waals surface area contributed by atoms with Crippen LogP contribution in [0, 0.1) is 5.82 Å². The Hall–Kier alpha value is -0.810. The molecule has 1 aromatic rings. The summed E-state index contributed by atoms with van der Waals surface area (Å²) >= 11 is 0. The Morgan fingerprint density at radius 1 is 1.40 bits per heavy atom. The second-order valence-electron chi connectivity index (χ2n) is 3.39. The molecule has 1 aromatic carbocycles. The molecule has 6 heteroatoms. The molecular weight excluding hydrogens is 241 g/mol. The van der Waals surface area contributed by atoms with Crippen LogP contribution in [0.5, 0.6) is 0 Å². The zero-order valence-electron chi connectivity index (χ0n) is 8.08. The highest BCUT2D eigenvalue weighted by atomic mass is 35.5. The molecule has 84 valence electrons. The van der Waals surface area contributed by atoms with Crippen molar-refractivity contribution < 1.29 is 12.8 Å². The third kappa shape index (κ3) is 2.23. The fourth-order valence-electron chi connectivity index (χ4n) is 1.58. The first-order valence-electron chi connectivity index (χ1n) is 4.25. The molecule has 0 aromatic heterocycles. The molecule has 1 heterocycles. The van der Waals surface area contributed by atoms with Gasteiger partial charge in [-0.05, 0) is 24.1 Å². The molecule has 3 nitrogen and oxygen atoms in total. The van der Waals surface area contributed by atoms with Crippen LogP contribution in [0.3, 0.4) is 0 Å². The van der Waals surface area contributed by atoms with Gasteiger partial charge in [-0.15, -0.1) is 12.4 Å². The summed E-state index contributed by atoms with van der Waals surface area (Å²) in [6, 6.07) is 2.67. The van der Waals surface area contributed by atoms with Gasteiger partial charge >= 0.3 is 0 Å². The van der Waals surface area contributed by atoms with Crippen molar-refractivity contribution in [2.45, 2.75) is 11.3 Å². The van der Waals surface area contributed by atoms with Crippen LogP contribution in [-0.4, -0.2) is 21.2 Å². The lowest BCUT2D eigenvalue weighted by Gasteiger charge is -2.04. The Kier molecular flexibility index (Phi) is 3.25. The van der Waals surface area contributed by atoms with Gasteiger partial charge in [0.15, 0.2) is 9.84 Å². The lowest BCUT2D eigenvalue weighted by atomic mass is 10.2. The minimum atomic E-state index is -3.46. The third-order valence-electron chi connectivity index (χ3n) is 2.27. The van der Waals surface area contributed by atoms with Gasteiger partial charge in [0.2, 0.25) is 0 Å². The van der Waals surface area contributed by atoms with Crippen LogP contribution in [0.4, 0.5) is 10.1 Å². The van der Waals surface area contributed by atoms with Gasteiger partial charge in [0.1, 0.15) is 10.7 Å². The standard InChI is InChI=1S/C9H10FNO2S.ClH/c1-14(12,13)9-4-6-2-3-11-8(6)5-7(9)10;/h4-5,11H,2-3H2,1H3;1H. The average Bonchev–Trinajstić information content (AvgIpc) is 2.47. The summed E-state index contributed by atoms with van der Waals surface area (Å²) < 4.78 is 35.7. The molecule has 15 heavy (non-hydrogen) atoms. The summed E-state index contributed by atoms with van der Waals surface area (Å²) in [7, 11) is -3.46. The van der Waals surface area contributed by atoms with E-state index in [1.165, 1.54) is 12.1 Å². The number of fused-ring (bicyclic) bond motifs is 1. The van der Waals surface area contributed by atoms with E-state index in [9.17, 15) is 12.8 Å². The monoisotopic (exact) mass is 251 g/mol. The van der Waals surface area contributed by atoms with Crippen LogP contribution in [0.25, 0.3) is 0 Å². The Morgan fingerprint density at radius 3 is 2.67 bits per heavy atom. The van der Waals surface area contributed by atoms with Gasteiger partial charge in [-0.2, -0.15) is 0 Å². The van der Waals surface area contributed by atoms with Crippen molar-refractivity contribution in [3.63, 3.8) is 0 Å². The number of hydrogen-bond acceptors (Lipinski definition) is 3. The smallest absolute Gasteiger partial charge is 0.178 e. The molecule has 0 aliphatic carbocycles. The van der Waals surface area contributed by atoms with Gasteiger partial charge in [-0.1, -0.05) is 0 Å². The zero-order chi connectivity index (χ0) is 10.3. The maximum atomic E-state index is 13.3. The van der Waals surface area contributed by atoms with Gasteiger partial charge < -0.3 is 5.32 Å². The van der Waals surface area contributed by atoms with Crippen LogP contribution < -0.4 is 5.32 Å². The number of anilines is 1. The molecule has 1 aliphatic rings. The Bertz CT molecular complexity index is 487. The number of hydrogen-bond donors (Lipinski definition) is 1. The van der Waals surface area contributed by atoms with Crippen LogP contribution in [0.15, 0.2) is 17.0 Å². The summed E-state index contributed by atoms with van der Waals surface area (Å²) in [5.41, 5.74) is 1.57. The Morgan fingerprint density at radius 2 is 2.07 bits per heavy atom. The highest BCUT2D eigenvalue weighted by Crippen LogP contribution is 2.27. The molecule has 0 radical (unpaired) electrons. The van der Waals surface area contributed by atoms with E-state index in [0.29, 0.717) is 5.69 Å². The highest BCUT2D eigenvalue weighted by Gasteiger charge is 2.19. The summed E-state index contributed by atoms with van der Waals surface area (Å²) in [5.74, 6) is -0.680. The second kappa shape index (κ2) is 3.98. The first kappa shape index (κ1) is 12.3. The van der Waals surface area contributed by atoms with E-state index in [1.54, 1.807) is 0 Å². The Balaban J connectivity index is 0.00000112. The van der Waals surface area contributed by atoms with Gasteiger partial charge in [0.25, 0.3) is 0 Å². The fourth-order valence-corrected chi connectivity index (χ4v) is 2.35. The van der Waals surface area contributed by atoms with Crippen molar-refractivity contribution in [3.8, 4) is 0 Å². The van der Waals surface area contributed by atoms with Crippen molar-refractivity contribution in [3.05, 3.63) is 23.5 Å². The fraction of sp³-hybridized carbons (Fsp3) is 0.333. The van der Waals surface area contributed by atoms with Crippen LogP contribution in [-0.2, 0) is 16.3 Å². The number of sulfone groups is 1. The van der Waals surface area contributed by atoms with E-state index >= 15 is 0 Å². The van der Waals surface area contributed by atoms with Crippen LogP contribution in [0.2, 0.25) is 0 Å². The quantitative estimate of drug-likeness (QED) is 0.825. The number of rotatable bonds is 1. The maximum absolute atomic E-state index is 13.3. The van der Waals surface area contributed by atoms with E-state index in [0.717, 1.165) is 24.8 Å². The van der Waals surface area contributed by atoms with Crippen molar-refractivity contribution in [1.29, 1.82) is 0 Å². The lowest BCUT2D eigenvalue weighted by Crippen LogP contribution is -2.01. The van der Waals surface area contributed by atoms with E-state index in [1.807, 2.05) is 0 Å². The van der Waals surface area contributed by atoms with E-state index in [4.69, 9.17) is 0 Å². The van der Waals surface area contributed by atoms with E-state index in [-0.39, 0.29) is 17.3 Å². The van der Waals surface area contributed by atoms with Crippen molar-refractivity contribution in [2.75, 3.05) is 18.1 Å². The van der Waals surface area contributed by atoms with E-state index < -0.39 is 15.7 Å². The molecule has 1 N–H and O–H groups in total. The predicted octanol–water partition coefficient (Wildman–Crippen LogP) is 1.62. The van der Waals surface area contributed by atoms with Crippen molar-refractivity contribution in [1.82, 2.24) is 0 Å². The first-order chi connectivity index (χ1) is 6.48. The topological polar surface area (TPSA) is 46.2 Å². The summed E-state index contributed by atoms with van der Waals surface area (Å²) in [5, 5.41) is 2.98. The highest BCUT2D eigenvalue weighted by molar-refractivity contribution is 7.90. The van der Waals surface area contributed by atoms with E-state index in [2.05, 4.69) is 5.32 Å². The molecule has 0 saturated carbocycles. The molecule has 0 unspecified atom stereocenters.